The maximum atomic E-state index is 14.0. The van der Waals surface area contributed by atoms with Gasteiger partial charge in [-0.1, -0.05) is 74.9 Å². The number of urea groups is 1. The lowest BCUT2D eigenvalue weighted by atomic mass is 10.0. The zero-order valence-electron chi connectivity index (χ0n) is 41.5. The molecule has 0 bridgehead atoms. The Balaban J connectivity index is 0.982. The van der Waals surface area contributed by atoms with E-state index in [1.165, 1.54) is 12.2 Å². The molecule has 4 heterocycles. The van der Waals surface area contributed by atoms with Crippen molar-refractivity contribution in [2.75, 3.05) is 18.4 Å². The Labute approximate surface area is 428 Å². The number of pyridine rings is 1. The lowest BCUT2D eigenvalue weighted by molar-refractivity contribution is -0.137. The highest BCUT2D eigenvalue weighted by molar-refractivity contribution is 6.12. The molecule has 0 aliphatic carbocycles. The van der Waals surface area contributed by atoms with Gasteiger partial charge in [0, 0.05) is 67.5 Å². The average molecular weight is 1010 g/mol. The fourth-order valence-corrected chi connectivity index (χ4v) is 8.22. The van der Waals surface area contributed by atoms with Crippen molar-refractivity contribution in [1.82, 2.24) is 50.7 Å². The number of carbonyl (C=O) groups excluding carboxylic acids is 7. The number of benzene rings is 3. The lowest BCUT2D eigenvalue weighted by Crippen LogP contribution is -2.54. The molecule has 0 spiro atoms. The normalized spacial score (nSPS) is 12.9. The number of H-pyrrole nitrogens is 1. The van der Waals surface area contributed by atoms with Crippen LogP contribution in [0.15, 0.2) is 116 Å². The van der Waals surface area contributed by atoms with Crippen LogP contribution in [0, 0.1) is 12.8 Å². The summed E-state index contributed by atoms with van der Waals surface area (Å²) >= 11 is 0. The summed E-state index contributed by atoms with van der Waals surface area (Å²) in [6.45, 7) is 6.06. The van der Waals surface area contributed by atoms with Crippen LogP contribution in [-0.4, -0.2) is 102 Å². The number of amides is 8. The number of aromatic nitrogens is 5. The van der Waals surface area contributed by atoms with E-state index < -0.39 is 36.0 Å². The number of imidazole rings is 1. The molecule has 20 heteroatoms. The minimum atomic E-state index is -1.06. The van der Waals surface area contributed by atoms with Crippen LogP contribution in [0.25, 0.3) is 33.7 Å². The summed E-state index contributed by atoms with van der Waals surface area (Å²) < 4.78 is 5.90. The predicted molar refractivity (Wildman–Crippen MR) is 276 cm³/mol. The average Bonchev–Trinajstić information content (AvgIpc) is 3.96. The van der Waals surface area contributed by atoms with E-state index in [2.05, 4.69) is 36.2 Å². The van der Waals surface area contributed by atoms with E-state index >= 15 is 0 Å². The summed E-state index contributed by atoms with van der Waals surface area (Å²) in [5.41, 5.74) is 12.2. The Morgan fingerprint density at radius 3 is 2.23 bits per heavy atom. The maximum absolute atomic E-state index is 14.0. The van der Waals surface area contributed by atoms with Crippen LogP contribution < -0.4 is 27.0 Å². The molecule has 1 aliphatic heterocycles. The molecule has 2 atom stereocenters. The summed E-state index contributed by atoms with van der Waals surface area (Å²) in [4.78, 5) is 114. The van der Waals surface area contributed by atoms with Crippen molar-refractivity contribution in [3.05, 3.63) is 138 Å². The quantitative estimate of drug-likeness (QED) is 0.0291. The van der Waals surface area contributed by atoms with Crippen molar-refractivity contribution in [1.29, 1.82) is 0 Å². The summed E-state index contributed by atoms with van der Waals surface area (Å²) in [6.07, 6.45) is 7.26. The summed E-state index contributed by atoms with van der Waals surface area (Å²) in [7, 11) is 0. The highest BCUT2D eigenvalue weighted by atomic mass is 16.6. The third-order valence-corrected chi connectivity index (χ3v) is 12.1. The number of aromatic amines is 1. The zero-order chi connectivity index (χ0) is 52.6. The predicted octanol–water partition coefficient (Wildman–Crippen LogP) is 6.23. The van der Waals surface area contributed by atoms with E-state index in [9.17, 15) is 33.6 Å². The van der Waals surface area contributed by atoms with Gasteiger partial charge in [0.2, 0.25) is 17.7 Å². The highest BCUT2D eigenvalue weighted by Gasteiger charge is 2.29. The number of imide groups is 1. The number of rotatable bonds is 24. The molecule has 0 fully saturated rings. The van der Waals surface area contributed by atoms with E-state index in [-0.39, 0.29) is 69.3 Å². The fraction of sp³-hybridized carbons (Fsp3) is 0.315. The van der Waals surface area contributed by atoms with Crippen molar-refractivity contribution in [3.8, 4) is 22.6 Å². The Hall–Kier alpha value is -8.81. The maximum Gasteiger partial charge on any atom is 0.410 e. The Morgan fingerprint density at radius 1 is 0.770 bits per heavy atom. The third kappa shape index (κ3) is 14.9. The van der Waals surface area contributed by atoms with Crippen LogP contribution >= 0.6 is 0 Å². The minimum absolute atomic E-state index is 0.0680. The van der Waals surface area contributed by atoms with Gasteiger partial charge >= 0.3 is 12.1 Å². The second-order valence-corrected chi connectivity index (χ2v) is 18.2. The largest absolute Gasteiger partial charge is 0.445 e. The third-order valence-electron chi connectivity index (χ3n) is 12.1. The van der Waals surface area contributed by atoms with Gasteiger partial charge in [-0.25, -0.2) is 14.6 Å². The molecule has 7 rings (SSSR count). The van der Waals surface area contributed by atoms with Crippen LogP contribution in [-0.2, 0) is 48.4 Å². The number of anilines is 1. The van der Waals surface area contributed by atoms with E-state index in [1.807, 2.05) is 73.7 Å². The molecule has 0 radical (unpaired) electrons. The van der Waals surface area contributed by atoms with E-state index in [1.54, 1.807) is 55.4 Å². The summed E-state index contributed by atoms with van der Waals surface area (Å²) in [5.74, 6) is -2.01. The molecular weight excluding hydrogens is 945 g/mol. The number of unbranched alkanes of at least 4 members (excludes halogenated alkanes) is 2. The molecule has 7 N–H and O–H groups in total. The van der Waals surface area contributed by atoms with Crippen LogP contribution in [0.1, 0.15) is 75.0 Å². The molecule has 0 saturated carbocycles. The number of hydrogen-bond acceptors (Lipinski definition) is 12. The van der Waals surface area contributed by atoms with Gasteiger partial charge in [-0.3, -0.25) is 48.7 Å². The molecule has 74 heavy (non-hydrogen) atoms. The monoisotopic (exact) mass is 1000 g/mol. The van der Waals surface area contributed by atoms with Gasteiger partial charge in [0.05, 0.1) is 29.0 Å². The number of nitrogens with one attached hydrogen (secondary N) is 5. The van der Waals surface area contributed by atoms with Gasteiger partial charge in [0.25, 0.3) is 11.8 Å². The smallest absolute Gasteiger partial charge is 0.410 e. The van der Waals surface area contributed by atoms with Gasteiger partial charge in [-0.2, -0.15) is 0 Å². The summed E-state index contributed by atoms with van der Waals surface area (Å²) in [6, 6.07) is 25.0. The Bertz CT molecular complexity index is 2980. The van der Waals surface area contributed by atoms with Gasteiger partial charge in [0.15, 0.2) is 0 Å². The van der Waals surface area contributed by atoms with Gasteiger partial charge in [-0.15, -0.1) is 0 Å². The lowest BCUT2D eigenvalue weighted by Gasteiger charge is -2.25. The second kappa shape index (κ2) is 25.5. The van der Waals surface area contributed by atoms with Gasteiger partial charge in [-0.05, 0) is 86.1 Å². The van der Waals surface area contributed by atoms with Crippen molar-refractivity contribution >= 4 is 58.4 Å². The Kier molecular flexibility index (Phi) is 18.3. The number of fused-ring (bicyclic) bond motifs is 1. The molecule has 3 aromatic carbocycles. The van der Waals surface area contributed by atoms with Crippen LogP contribution in [0.2, 0.25) is 0 Å². The van der Waals surface area contributed by atoms with Crippen molar-refractivity contribution in [3.63, 3.8) is 0 Å². The van der Waals surface area contributed by atoms with Crippen LogP contribution in [0.3, 0.4) is 0 Å². The highest BCUT2D eigenvalue weighted by Crippen LogP contribution is 2.31. The first-order valence-corrected chi connectivity index (χ1v) is 24.5. The molecule has 20 nitrogen and oxygen atoms in total. The van der Waals surface area contributed by atoms with E-state index in [0.717, 1.165) is 27.2 Å². The zero-order valence-corrected chi connectivity index (χ0v) is 41.5. The first kappa shape index (κ1) is 53.0. The number of carbonyl (C=O) groups is 7. The number of ether oxygens (including phenoxy) is 1. The van der Waals surface area contributed by atoms with Crippen molar-refractivity contribution in [2.24, 2.45) is 11.7 Å². The molecule has 3 aromatic heterocycles. The molecule has 8 amide bonds. The second-order valence-electron chi connectivity index (χ2n) is 18.2. The van der Waals surface area contributed by atoms with Crippen molar-refractivity contribution in [2.45, 2.75) is 91.1 Å². The molecule has 1 aliphatic rings. The Morgan fingerprint density at radius 2 is 1.51 bits per heavy atom. The van der Waals surface area contributed by atoms with Gasteiger partial charge in [0.1, 0.15) is 30.2 Å². The molecule has 0 saturated heterocycles. The molecule has 1 unspecified atom stereocenters. The number of hydrogen-bond donors (Lipinski definition) is 6. The topological polar surface area (TPSA) is 277 Å². The first-order valence-electron chi connectivity index (χ1n) is 24.5. The minimum Gasteiger partial charge on any atom is -0.445 e. The first-order chi connectivity index (χ1) is 35.7. The molecule has 6 aromatic rings. The molecule has 384 valence electrons. The van der Waals surface area contributed by atoms with Crippen LogP contribution in [0.4, 0.5) is 15.3 Å². The summed E-state index contributed by atoms with van der Waals surface area (Å²) in [5, 5.41) is 10.9. The number of nitrogens with two attached hydrogens (primary N) is 1. The SMILES string of the molecule is Cc1cccc(-c2nc(CN(Cc3ccccc3)C(=O)OCc3ccc(NC(=O)[C@H](CCCNC(N)=O)NC(=O)C(NC(=O)CCCCCN4C(=O)C=CC4=O)C(C)C)cc3)[nH]c2-c2ccc3nccnc3c2)n1. The molecular formula is C54H60N12O8. The number of nitrogens with zero attached hydrogens (tertiary/aromatic N) is 6. The van der Waals surface area contributed by atoms with Crippen LogP contribution in [0.5, 0.6) is 0 Å². The van der Waals surface area contributed by atoms with E-state index in [0.29, 0.717) is 65.4 Å². The van der Waals surface area contributed by atoms with Crippen molar-refractivity contribution < 1.29 is 38.3 Å². The standard InChI is InChI=1S/C54H60N12O8/c1-34(2)48(64-45(67)17-8-5-9-29-66-46(68)24-25-47(66)69)52(71)61-42(16-11-26-58-53(55)72)51(70)60-39-21-18-37(19-22-39)33-74-54(73)65(31-36-13-6-4-7-14-36)32-44-62-49(50(63-44)41-15-10-12-35(3)59-41)38-20-23-40-43(30-38)57-28-27-56-40/h4,6-7,10,12-15,18-25,27-28,30,34,42,48H,5,8-9,11,16-17,26,29,31-33H2,1-3H3,(H,60,70)(H,61,71)(H,62,63)(H,64,67)(H3,55,58,72)/t42-,48?/m0/s1. The number of aryl methyl sites for hydroxylation is 1. The van der Waals surface area contributed by atoms with E-state index in [4.69, 9.17) is 20.4 Å². The number of primary amides is 1. The van der Waals surface area contributed by atoms with Gasteiger partial charge < -0.3 is 36.7 Å². The fourth-order valence-electron chi connectivity index (χ4n) is 8.22.